The summed E-state index contributed by atoms with van der Waals surface area (Å²) in [4.78, 5) is 33.8. The first kappa shape index (κ1) is 22.1. The fraction of sp³-hybridized carbons (Fsp3) is 0.458. The van der Waals surface area contributed by atoms with E-state index in [1.54, 1.807) is 0 Å². The lowest BCUT2D eigenvalue weighted by molar-refractivity contribution is -0.124. The minimum absolute atomic E-state index is 0.0403. The number of morpholine rings is 1. The van der Waals surface area contributed by atoms with Crippen LogP contribution in [0.25, 0.3) is 28.1 Å². The van der Waals surface area contributed by atoms with E-state index in [4.69, 9.17) is 24.7 Å². The number of nitrogens with zero attached hydrogens (tertiary/aromatic N) is 7. The van der Waals surface area contributed by atoms with Crippen LogP contribution in [0.2, 0.25) is 0 Å². The van der Waals surface area contributed by atoms with Gasteiger partial charge in [-0.3, -0.25) is 14.3 Å². The highest BCUT2D eigenvalue weighted by Gasteiger charge is 2.27. The maximum Gasteiger partial charge on any atom is 0.238 e. The molecule has 6 rings (SSSR count). The minimum Gasteiger partial charge on any atom is -0.369 e. The molecule has 0 aliphatic carbocycles. The van der Waals surface area contributed by atoms with E-state index in [1.165, 1.54) is 0 Å². The van der Waals surface area contributed by atoms with E-state index in [0.717, 1.165) is 59.1 Å². The van der Waals surface area contributed by atoms with Gasteiger partial charge in [-0.25, -0.2) is 15.0 Å². The molecule has 182 valence electrons. The third-order valence-electron chi connectivity index (χ3n) is 6.69. The number of para-hydroxylation sites is 2. The Morgan fingerprint density at radius 1 is 1.11 bits per heavy atom. The van der Waals surface area contributed by atoms with E-state index < -0.39 is 0 Å². The smallest absolute Gasteiger partial charge is 0.238 e. The molecule has 2 aliphatic rings. The van der Waals surface area contributed by atoms with Gasteiger partial charge in [-0.2, -0.15) is 4.98 Å². The number of benzene rings is 1. The molecule has 11 nitrogen and oxygen atoms in total. The van der Waals surface area contributed by atoms with Crippen molar-refractivity contribution >= 4 is 28.1 Å². The third-order valence-corrected chi connectivity index (χ3v) is 6.69. The van der Waals surface area contributed by atoms with Crippen LogP contribution in [0.15, 0.2) is 24.3 Å². The highest BCUT2D eigenvalue weighted by Crippen LogP contribution is 2.28. The molecular formula is C24H29N9O2. The van der Waals surface area contributed by atoms with Gasteiger partial charge in [-0.15, -0.1) is 0 Å². The van der Waals surface area contributed by atoms with Gasteiger partial charge in [0.2, 0.25) is 11.9 Å². The lowest BCUT2D eigenvalue weighted by Crippen LogP contribution is -2.47. The van der Waals surface area contributed by atoms with Crippen LogP contribution >= 0.6 is 0 Å². The number of amides is 1. The molecule has 0 saturated carbocycles. The number of ether oxygens (including phenoxy) is 1. The van der Waals surface area contributed by atoms with E-state index >= 15 is 0 Å². The van der Waals surface area contributed by atoms with E-state index in [1.807, 2.05) is 40.4 Å². The predicted octanol–water partition coefficient (Wildman–Crippen LogP) is 0.857. The van der Waals surface area contributed by atoms with Gasteiger partial charge >= 0.3 is 0 Å². The molecule has 11 heteroatoms. The summed E-state index contributed by atoms with van der Waals surface area (Å²) in [5.74, 6) is 2.36. The Kier molecular flexibility index (Phi) is 5.67. The van der Waals surface area contributed by atoms with Crippen LogP contribution in [0, 0.1) is 0 Å². The van der Waals surface area contributed by atoms with Crippen LogP contribution in [0.4, 0.5) is 0 Å². The highest BCUT2D eigenvalue weighted by molar-refractivity contribution is 5.80. The van der Waals surface area contributed by atoms with Crippen molar-refractivity contribution in [1.82, 2.24) is 44.6 Å². The van der Waals surface area contributed by atoms with E-state index in [-0.39, 0.29) is 12.0 Å². The van der Waals surface area contributed by atoms with Gasteiger partial charge in [0.25, 0.3) is 0 Å². The average molecular weight is 476 g/mol. The Morgan fingerprint density at radius 2 is 2.00 bits per heavy atom. The zero-order valence-electron chi connectivity index (χ0n) is 20.0. The number of aryl methyl sites for hydroxylation is 2. The molecule has 3 aromatic heterocycles. The van der Waals surface area contributed by atoms with Crippen LogP contribution in [-0.4, -0.2) is 79.2 Å². The number of nitrogens with one attached hydrogen (secondary N) is 2. The van der Waals surface area contributed by atoms with Crippen LogP contribution in [0.1, 0.15) is 30.4 Å². The van der Waals surface area contributed by atoms with Gasteiger partial charge in [0.1, 0.15) is 29.0 Å². The molecule has 1 atom stereocenters. The van der Waals surface area contributed by atoms with Crippen LogP contribution < -0.4 is 10.6 Å². The molecule has 1 aromatic carbocycles. The number of aromatic nitrogens is 6. The van der Waals surface area contributed by atoms with Gasteiger partial charge in [-0.05, 0) is 12.1 Å². The van der Waals surface area contributed by atoms with Crippen molar-refractivity contribution in [3.05, 3.63) is 41.6 Å². The fourth-order valence-corrected chi connectivity index (χ4v) is 4.88. The van der Waals surface area contributed by atoms with Crippen molar-refractivity contribution in [1.29, 1.82) is 0 Å². The molecule has 2 aliphatic heterocycles. The maximum atomic E-state index is 11.9. The van der Waals surface area contributed by atoms with E-state index in [9.17, 15) is 4.79 Å². The van der Waals surface area contributed by atoms with Gasteiger partial charge in [-0.1, -0.05) is 19.1 Å². The molecule has 1 unspecified atom stereocenters. The fourth-order valence-electron chi connectivity index (χ4n) is 4.88. The zero-order chi connectivity index (χ0) is 23.9. The summed E-state index contributed by atoms with van der Waals surface area (Å²) in [6, 6.07) is 8.05. The van der Waals surface area contributed by atoms with Crippen LogP contribution in [0.5, 0.6) is 0 Å². The van der Waals surface area contributed by atoms with Crippen molar-refractivity contribution < 1.29 is 9.53 Å². The standard InChI is InChI=1S/C24H29N9O2/c1-3-18-27-15-6-4-5-7-16(15)33(18)24-29-21(17-12-25-9-11-35-17)22-23(30-24)31(2)19(28-22)13-32-10-8-26-20(34)14-32/h4-7,17,25H,3,8-14H2,1-2H3,(H,26,34). The summed E-state index contributed by atoms with van der Waals surface area (Å²) >= 11 is 0. The Bertz CT molecular complexity index is 1400. The molecule has 0 spiro atoms. The number of rotatable bonds is 5. The average Bonchev–Trinajstić information content (AvgIpc) is 3.41. The summed E-state index contributed by atoms with van der Waals surface area (Å²) < 4.78 is 10.2. The highest BCUT2D eigenvalue weighted by atomic mass is 16.5. The monoisotopic (exact) mass is 475 g/mol. The Hall–Kier alpha value is -3.41. The van der Waals surface area contributed by atoms with Crippen molar-refractivity contribution in [3.8, 4) is 5.95 Å². The molecule has 0 radical (unpaired) electrons. The molecule has 2 N–H and O–H groups in total. The summed E-state index contributed by atoms with van der Waals surface area (Å²) in [5, 5.41) is 6.28. The van der Waals surface area contributed by atoms with Gasteiger partial charge in [0.05, 0.1) is 30.7 Å². The second kappa shape index (κ2) is 8.99. The quantitative estimate of drug-likeness (QED) is 0.437. The number of carbonyl (C=O) groups is 1. The molecule has 5 heterocycles. The molecule has 0 bridgehead atoms. The lowest BCUT2D eigenvalue weighted by atomic mass is 10.2. The second-order valence-electron chi connectivity index (χ2n) is 9.00. The summed E-state index contributed by atoms with van der Waals surface area (Å²) in [7, 11) is 1.97. The molecular weight excluding hydrogens is 446 g/mol. The Morgan fingerprint density at radius 3 is 2.80 bits per heavy atom. The van der Waals surface area contributed by atoms with Crippen molar-refractivity contribution in [3.63, 3.8) is 0 Å². The number of hydrogen-bond donors (Lipinski definition) is 2. The Balaban J connectivity index is 1.51. The largest absolute Gasteiger partial charge is 0.369 e. The zero-order valence-corrected chi connectivity index (χ0v) is 20.0. The molecule has 4 aromatic rings. The van der Waals surface area contributed by atoms with Crippen LogP contribution in [-0.2, 0) is 29.5 Å². The molecule has 35 heavy (non-hydrogen) atoms. The van der Waals surface area contributed by atoms with Gasteiger partial charge in [0.15, 0.2) is 5.65 Å². The number of piperazine rings is 1. The molecule has 2 saturated heterocycles. The van der Waals surface area contributed by atoms with Crippen LogP contribution in [0.3, 0.4) is 0 Å². The van der Waals surface area contributed by atoms with E-state index in [0.29, 0.717) is 38.7 Å². The first-order valence-corrected chi connectivity index (χ1v) is 12.1. The second-order valence-corrected chi connectivity index (χ2v) is 9.00. The maximum absolute atomic E-state index is 11.9. The SMILES string of the molecule is CCc1nc2ccccc2n1-c1nc(C2CNCCO2)c2nc(CN3CCNC(=O)C3)n(C)c2n1. The molecule has 1 amide bonds. The topological polar surface area (TPSA) is 115 Å². The minimum atomic E-state index is -0.226. The predicted molar refractivity (Wildman–Crippen MR) is 130 cm³/mol. The van der Waals surface area contributed by atoms with E-state index in [2.05, 4.69) is 22.5 Å². The first-order chi connectivity index (χ1) is 17.1. The first-order valence-electron chi connectivity index (χ1n) is 12.1. The number of fused-ring (bicyclic) bond motifs is 2. The summed E-state index contributed by atoms with van der Waals surface area (Å²) in [6.07, 6.45) is 0.525. The summed E-state index contributed by atoms with van der Waals surface area (Å²) in [5.41, 5.74) is 4.15. The van der Waals surface area contributed by atoms with Crippen molar-refractivity contribution in [2.45, 2.75) is 26.0 Å². The van der Waals surface area contributed by atoms with Crippen molar-refractivity contribution in [2.75, 3.05) is 39.3 Å². The number of imidazole rings is 2. The van der Waals surface area contributed by atoms with Gasteiger partial charge < -0.3 is 19.9 Å². The normalized spacial score (nSPS) is 19.5. The lowest BCUT2D eigenvalue weighted by Gasteiger charge is -2.25. The van der Waals surface area contributed by atoms with Crippen molar-refractivity contribution in [2.24, 2.45) is 7.05 Å². The molecule has 2 fully saturated rings. The Labute approximate surface area is 202 Å². The summed E-state index contributed by atoms with van der Waals surface area (Å²) in [6.45, 7) is 6.53. The number of hydrogen-bond acceptors (Lipinski definition) is 8. The van der Waals surface area contributed by atoms with Gasteiger partial charge in [0, 0.05) is 39.6 Å². The number of carbonyl (C=O) groups excluding carboxylic acids is 1. The third kappa shape index (κ3) is 3.95.